The molecule has 0 aliphatic heterocycles. The van der Waals surface area contributed by atoms with Gasteiger partial charge in [-0.3, -0.25) is 0 Å². The van der Waals surface area contributed by atoms with E-state index in [1.54, 1.807) is 0 Å². The van der Waals surface area contributed by atoms with E-state index in [1.807, 2.05) is 11.9 Å². The maximum atomic E-state index is 10.8. The lowest BCUT2D eigenvalue weighted by Crippen LogP contribution is -2.31. The number of nitrogens with zero attached hydrogens (tertiary/aromatic N) is 2. The summed E-state index contributed by atoms with van der Waals surface area (Å²) in [6.07, 6.45) is 3.33. The first-order valence-corrected chi connectivity index (χ1v) is 5.72. The fourth-order valence-corrected chi connectivity index (χ4v) is 1.90. The standard InChI is InChI=1S/C12H19N3O2/c1-4-9(5-2)15(3)11-10(13)6-8(7-14-11)12(16)17/h6-7,9H,4-5,13H2,1-3H3,(H,16,17). The van der Waals surface area contributed by atoms with Gasteiger partial charge in [0.15, 0.2) is 5.82 Å². The van der Waals surface area contributed by atoms with Crippen LogP contribution in [0.15, 0.2) is 12.3 Å². The van der Waals surface area contributed by atoms with Crippen LogP contribution in [0.3, 0.4) is 0 Å². The summed E-state index contributed by atoms with van der Waals surface area (Å²) in [4.78, 5) is 16.9. The molecule has 0 saturated carbocycles. The molecule has 17 heavy (non-hydrogen) atoms. The number of carbonyl (C=O) groups is 1. The van der Waals surface area contributed by atoms with E-state index in [0.29, 0.717) is 17.5 Å². The lowest BCUT2D eigenvalue weighted by atomic mass is 10.1. The molecule has 5 heteroatoms. The van der Waals surface area contributed by atoms with Crippen molar-refractivity contribution >= 4 is 17.5 Å². The molecule has 0 aromatic carbocycles. The molecule has 0 radical (unpaired) electrons. The van der Waals surface area contributed by atoms with Crippen molar-refractivity contribution in [1.29, 1.82) is 0 Å². The third-order valence-corrected chi connectivity index (χ3v) is 2.97. The lowest BCUT2D eigenvalue weighted by Gasteiger charge is -2.28. The van der Waals surface area contributed by atoms with Gasteiger partial charge in [-0.2, -0.15) is 0 Å². The highest BCUT2D eigenvalue weighted by Gasteiger charge is 2.16. The van der Waals surface area contributed by atoms with Crippen LogP contribution in [-0.2, 0) is 0 Å². The number of hydrogen-bond acceptors (Lipinski definition) is 4. The zero-order valence-corrected chi connectivity index (χ0v) is 10.5. The van der Waals surface area contributed by atoms with Crippen molar-refractivity contribution in [3.05, 3.63) is 17.8 Å². The first-order valence-electron chi connectivity index (χ1n) is 5.72. The summed E-state index contributed by atoms with van der Waals surface area (Å²) in [5.74, 6) is -0.371. The van der Waals surface area contributed by atoms with Gasteiger partial charge in [0.05, 0.1) is 11.3 Å². The molecule has 0 aliphatic rings. The molecule has 94 valence electrons. The van der Waals surface area contributed by atoms with E-state index in [9.17, 15) is 4.79 Å². The second-order valence-corrected chi connectivity index (χ2v) is 4.02. The average molecular weight is 237 g/mol. The smallest absolute Gasteiger partial charge is 0.337 e. The quantitative estimate of drug-likeness (QED) is 0.818. The first kappa shape index (κ1) is 13.3. The predicted octanol–water partition coefficient (Wildman–Crippen LogP) is 1.99. The van der Waals surface area contributed by atoms with E-state index >= 15 is 0 Å². The molecule has 1 aromatic rings. The maximum Gasteiger partial charge on any atom is 0.337 e. The number of carboxylic acid groups (broad SMARTS) is 1. The number of aromatic nitrogens is 1. The summed E-state index contributed by atoms with van der Waals surface area (Å²) in [5.41, 5.74) is 6.36. The van der Waals surface area contributed by atoms with Crippen LogP contribution >= 0.6 is 0 Å². The first-order chi connectivity index (χ1) is 8.01. The number of carboxylic acids is 1. The number of nitrogens with two attached hydrogens (primary N) is 1. The van der Waals surface area contributed by atoms with E-state index in [1.165, 1.54) is 12.3 Å². The van der Waals surface area contributed by atoms with Crippen LogP contribution in [0.1, 0.15) is 37.0 Å². The lowest BCUT2D eigenvalue weighted by molar-refractivity contribution is 0.0696. The van der Waals surface area contributed by atoms with Crippen LogP contribution in [0.2, 0.25) is 0 Å². The minimum absolute atomic E-state index is 0.115. The van der Waals surface area contributed by atoms with Gasteiger partial charge in [-0.05, 0) is 18.9 Å². The van der Waals surface area contributed by atoms with Crippen molar-refractivity contribution in [2.45, 2.75) is 32.7 Å². The highest BCUT2D eigenvalue weighted by Crippen LogP contribution is 2.23. The van der Waals surface area contributed by atoms with Crippen LogP contribution in [-0.4, -0.2) is 29.1 Å². The highest BCUT2D eigenvalue weighted by molar-refractivity contribution is 5.89. The Kier molecular flexibility index (Phi) is 4.31. The van der Waals surface area contributed by atoms with Gasteiger partial charge in [-0.25, -0.2) is 9.78 Å². The SMILES string of the molecule is CCC(CC)N(C)c1ncc(C(=O)O)cc1N. The van der Waals surface area contributed by atoms with Gasteiger partial charge in [-0.15, -0.1) is 0 Å². The number of anilines is 2. The summed E-state index contributed by atoms with van der Waals surface area (Å²) in [7, 11) is 1.93. The molecule has 3 N–H and O–H groups in total. The summed E-state index contributed by atoms with van der Waals surface area (Å²) in [6.45, 7) is 4.21. The normalized spacial score (nSPS) is 10.6. The van der Waals surface area contributed by atoms with E-state index in [-0.39, 0.29) is 5.56 Å². The fraction of sp³-hybridized carbons (Fsp3) is 0.500. The largest absolute Gasteiger partial charge is 0.478 e. The van der Waals surface area contributed by atoms with Crippen LogP contribution in [0.5, 0.6) is 0 Å². The maximum absolute atomic E-state index is 10.8. The van der Waals surface area contributed by atoms with Gasteiger partial charge < -0.3 is 15.7 Å². The van der Waals surface area contributed by atoms with Crippen molar-refractivity contribution < 1.29 is 9.90 Å². The number of aromatic carboxylic acids is 1. The van der Waals surface area contributed by atoms with Crippen LogP contribution < -0.4 is 10.6 Å². The van der Waals surface area contributed by atoms with Crippen molar-refractivity contribution in [3.63, 3.8) is 0 Å². The van der Waals surface area contributed by atoms with Gasteiger partial charge in [0, 0.05) is 19.3 Å². The van der Waals surface area contributed by atoms with Crippen LogP contribution in [0, 0.1) is 0 Å². The van der Waals surface area contributed by atoms with Crippen LogP contribution in [0.4, 0.5) is 11.5 Å². The van der Waals surface area contributed by atoms with E-state index in [4.69, 9.17) is 10.8 Å². The Hall–Kier alpha value is -1.78. The highest BCUT2D eigenvalue weighted by atomic mass is 16.4. The predicted molar refractivity (Wildman–Crippen MR) is 68.4 cm³/mol. The molecule has 1 aromatic heterocycles. The number of hydrogen-bond donors (Lipinski definition) is 2. The summed E-state index contributed by atoms with van der Waals surface area (Å²) < 4.78 is 0. The van der Waals surface area contributed by atoms with E-state index in [2.05, 4.69) is 18.8 Å². The minimum Gasteiger partial charge on any atom is -0.478 e. The van der Waals surface area contributed by atoms with Crippen LogP contribution in [0.25, 0.3) is 0 Å². The second kappa shape index (κ2) is 5.52. The second-order valence-electron chi connectivity index (χ2n) is 4.02. The Balaban J connectivity index is 3.03. The Bertz CT molecular complexity index is 403. The number of pyridine rings is 1. The molecule has 0 aliphatic carbocycles. The fourth-order valence-electron chi connectivity index (χ4n) is 1.90. The van der Waals surface area contributed by atoms with Crippen molar-refractivity contribution in [2.75, 3.05) is 17.7 Å². The molecule has 0 spiro atoms. The molecule has 0 unspecified atom stereocenters. The van der Waals surface area contributed by atoms with Gasteiger partial charge in [-0.1, -0.05) is 13.8 Å². The van der Waals surface area contributed by atoms with Crippen molar-refractivity contribution in [2.24, 2.45) is 0 Å². The van der Waals surface area contributed by atoms with Gasteiger partial charge in [0.1, 0.15) is 0 Å². The third-order valence-electron chi connectivity index (χ3n) is 2.97. The molecule has 0 bridgehead atoms. The van der Waals surface area contributed by atoms with Gasteiger partial charge >= 0.3 is 5.97 Å². The molecular weight excluding hydrogens is 218 g/mol. The molecule has 5 nitrogen and oxygen atoms in total. The third kappa shape index (κ3) is 2.87. The summed E-state index contributed by atoms with van der Waals surface area (Å²) in [6, 6.07) is 1.81. The Morgan fingerprint density at radius 1 is 1.53 bits per heavy atom. The Morgan fingerprint density at radius 2 is 2.12 bits per heavy atom. The zero-order valence-electron chi connectivity index (χ0n) is 10.5. The van der Waals surface area contributed by atoms with Crippen molar-refractivity contribution in [3.8, 4) is 0 Å². The van der Waals surface area contributed by atoms with E-state index < -0.39 is 5.97 Å². The molecule has 1 heterocycles. The average Bonchev–Trinajstić information content (AvgIpc) is 2.30. The van der Waals surface area contributed by atoms with E-state index in [0.717, 1.165) is 12.8 Å². The number of nitrogen functional groups attached to an aromatic ring is 1. The van der Waals surface area contributed by atoms with Gasteiger partial charge in [0.25, 0.3) is 0 Å². The zero-order chi connectivity index (χ0) is 13.0. The van der Waals surface area contributed by atoms with Gasteiger partial charge in [0.2, 0.25) is 0 Å². The molecule has 0 saturated heterocycles. The molecule has 0 atom stereocenters. The molecular formula is C12H19N3O2. The topological polar surface area (TPSA) is 79.5 Å². The molecule has 0 amide bonds. The minimum atomic E-state index is -1.01. The Morgan fingerprint density at radius 3 is 2.53 bits per heavy atom. The Labute approximate surface area is 101 Å². The number of rotatable bonds is 5. The molecule has 1 rings (SSSR count). The van der Waals surface area contributed by atoms with Crippen molar-refractivity contribution in [1.82, 2.24) is 4.98 Å². The molecule has 0 fully saturated rings. The summed E-state index contributed by atoms with van der Waals surface area (Å²) in [5, 5.41) is 8.83. The monoisotopic (exact) mass is 237 g/mol. The summed E-state index contributed by atoms with van der Waals surface area (Å²) >= 11 is 0.